The molecule has 0 aromatic rings. The summed E-state index contributed by atoms with van der Waals surface area (Å²) in [5.41, 5.74) is -0.0178. The largest absolute Gasteiger partial charge is 0.478 e. The van der Waals surface area contributed by atoms with E-state index in [0.717, 1.165) is 19.3 Å². The molecule has 6 heteroatoms. The molecule has 0 aliphatic heterocycles. The molecule has 2 fully saturated rings. The zero-order valence-electron chi connectivity index (χ0n) is 11.7. The summed E-state index contributed by atoms with van der Waals surface area (Å²) in [4.78, 5) is 34.3. The van der Waals surface area contributed by atoms with Crippen LogP contribution in [0.25, 0.3) is 0 Å². The number of urea groups is 1. The van der Waals surface area contributed by atoms with Crippen LogP contribution in [0.15, 0.2) is 11.1 Å². The molecule has 3 amide bonds. The lowest BCUT2D eigenvalue weighted by Gasteiger charge is -2.22. The maximum absolute atomic E-state index is 11.8. The van der Waals surface area contributed by atoms with Gasteiger partial charge in [-0.1, -0.05) is 6.42 Å². The van der Waals surface area contributed by atoms with Crippen LogP contribution < -0.4 is 10.6 Å². The molecule has 0 heterocycles. The van der Waals surface area contributed by atoms with Crippen LogP contribution in [-0.4, -0.2) is 29.1 Å². The van der Waals surface area contributed by atoms with Gasteiger partial charge in [0.15, 0.2) is 0 Å². The molecule has 6 nitrogen and oxygen atoms in total. The number of nitrogens with one attached hydrogen (secondary N) is 2. The van der Waals surface area contributed by atoms with Gasteiger partial charge in [0, 0.05) is 17.2 Å². The Bertz CT molecular complexity index is 484. The molecule has 0 spiro atoms. The van der Waals surface area contributed by atoms with Crippen molar-refractivity contribution in [3.05, 3.63) is 11.1 Å². The number of carboxylic acids is 1. The van der Waals surface area contributed by atoms with E-state index in [1.165, 1.54) is 20.3 Å². The Balaban J connectivity index is 1.87. The van der Waals surface area contributed by atoms with E-state index in [1.807, 2.05) is 0 Å². The van der Waals surface area contributed by atoms with E-state index in [2.05, 4.69) is 10.6 Å². The number of hydrogen-bond donors (Lipinski definition) is 3. The summed E-state index contributed by atoms with van der Waals surface area (Å²) in [5, 5.41) is 13.8. The third-order valence-corrected chi connectivity index (χ3v) is 4.51. The third kappa shape index (κ3) is 3.00. The first-order valence-electron chi connectivity index (χ1n) is 6.91. The Labute approximate surface area is 117 Å². The van der Waals surface area contributed by atoms with Crippen LogP contribution in [0.2, 0.25) is 0 Å². The van der Waals surface area contributed by atoms with Gasteiger partial charge in [0.1, 0.15) is 0 Å². The van der Waals surface area contributed by atoms with E-state index < -0.39 is 17.9 Å². The summed E-state index contributed by atoms with van der Waals surface area (Å²) in [5.74, 6) is -0.591. The van der Waals surface area contributed by atoms with E-state index in [1.54, 1.807) is 0 Å². The minimum Gasteiger partial charge on any atom is -0.478 e. The average molecular weight is 280 g/mol. The van der Waals surface area contributed by atoms with Gasteiger partial charge >= 0.3 is 12.0 Å². The molecule has 3 atom stereocenters. The molecule has 20 heavy (non-hydrogen) atoms. The van der Waals surface area contributed by atoms with Gasteiger partial charge in [-0.05, 0) is 44.9 Å². The van der Waals surface area contributed by atoms with Crippen molar-refractivity contribution in [2.75, 3.05) is 0 Å². The molecule has 3 N–H and O–H groups in total. The van der Waals surface area contributed by atoms with Crippen molar-refractivity contribution in [3.8, 4) is 0 Å². The van der Waals surface area contributed by atoms with Crippen LogP contribution in [0.1, 0.15) is 39.5 Å². The first-order valence-corrected chi connectivity index (χ1v) is 6.91. The van der Waals surface area contributed by atoms with Crippen molar-refractivity contribution >= 4 is 17.9 Å². The van der Waals surface area contributed by atoms with Gasteiger partial charge in [0.05, 0.1) is 0 Å². The molecule has 2 aliphatic carbocycles. The number of hydrogen-bond acceptors (Lipinski definition) is 3. The molecule has 0 saturated heterocycles. The molecular weight excluding hydrogens is 260 g/mol. The average Bonchev–Trinajstić information content (AvgIpc) is 2.98. The molecule has 0 radical (unpaired) electrons. The summed E-state index contributed by atoms with van der Waals surface area (Å²) >= 11 is 0. The second kappa shape index (κ2) is 5.64. The fourth-order valence-corrected chi connectivity index (χ4v) is 3.15. The predicted octanol–water partition coefficient (Wildman–Crippen LogP) is 1.42. The van der Waals surface area contributed by atoms with E-state index in [-0.39, 0.29) is 17.2 Å². The Morgan fingerprint density at radius 1 is 1.05 bits per heavy atom. The molecule has 0 aromatic heterocycles. The Hall–Kier alpha value is -1.85. The van der Waals surface area contributed by atoms with Crippen molar-refractivity contribution < 1.29 is 19.5 Å². The Morgan fingerprint density at radius 2 is 1.75 bits per heavy atom. The normalized spacial score (nSPS) is 28.8. The number of imide groups is 1. The summed E-state index contributed by atoms with van der Waals surface area (Å²) in [6.07, 6.45) is 4.52. The van der Waals surface area contributed by atoms with Gasteiger partial charge in [-0.15, -0.1) is 0 Å². The highest BCUT2D eigenvalue weighted by Gasteiger charge is 2.40. The van der Waals surface area contributed by atoms with Crippen LogP contribution >= 0.6 is 0 Å². The van der Waals surface area contributed by atoms with Crippen LogP contribution in [0.3, 0.4) is 0 Å². The van der Waals surface area contributed by atoms with Gasteiger partial charge in [-0.2, -0.15) is 0 Å². The number of fused-ring (bicyclic) bond motifs is 2. The number of rotatable bonds is 3. The quantitative estimate of drug-likeness (QED) is 0.681. The van der Waals surface area contributed by atoms with Crippen molar-refractivity contribution in [2.24, 2.45) is 11.8 Å². The van der Waals surface area contributed by atoms with Gasteiger partial charge < -0.3 is 10.4 Å². The van der Waals surface area contributed by atoms with E-state index in [0.29, 0.717) is 11.8 Å². The van der Waals surface area contributed by atoms with Crippen molar-refractivity contribution in [1.29, 1.82) is 0 Å². The second-order valence-corrected chi connectivity index (χ2v) is 5.76. The summed E-state index contributed by atoms with van der Waals surface area (Å²) in [6, 6.07) is -0.392. The molecule has 3 unspecified atom stereocenters. The lowest BCUT2D eigenvalue weighted by molar-refractivity contribution is -0.133. The molecule has 0 aromatic carbocycles. The summed E-state index contributed by atoms with van der Waals surface area (Å²) < 4.78 is 0. The molecule has 2 aliphatic rings. The smallest absolute Gasteiger partial charge is 0.331 e. The van der Waals surface area contributed by atoms with Gasteiger partial charge in [-0.25, -0.2) is 9.59 Å². The van der Waals surface area contributed by atoms with E-state index >= 15 is 0 Å². The van der Waals surface area contributed by atoms with Crippen molar-refractivity contribution in [1.82, 2.24) is 10.6 Å². The van der Waals surface area contributed by atoms with Crippen LogP contribution in [-0.2, 0) is 9.59 Å². The number of amides is 3. The van der Waals surface area contributed by atoms with Crippen LogP contribution in [0, 0.1) is 11.8 Å². The highest BCUT2D eigenvalue weighted by atomic mass is 16.4. The highest BCUT2D eigenvalue weighted by Crippen LogP contribution is 2.44. The summed E-state index contributed by atoms with van der Waals surface area (Å²) in [6.45, 7) is 2.73. The molecule has 2 rings (SSSR count). The zero-order chi connectivity index (χ0) is 14.9. The predicted molar refractivity (Wildman–Crippen MR) is 71.9 cm³/mol. The fraction of sp³-hybridized carbons (Fsp3) is 0.643. The zero-order valence-corrected chi connectivity index (χ0v) is 11.7. The second-order valence-electron chi connectivity index (χ2n) is 5.76. The fourth-order valence-electron chi connectivity index (χ4n) is 3.15. The van der Waals surface area contributed by atoms with Gasteiger partial charge in [0.2, 0.25) is 0 Å². The number of carboxylic acid groups (broad SMARTS) is 1. The highest BCUT2D eigenvalue weighted by molar-refractivity contribution is 6.07. The number of carbonyl (C=O) groups excluding carboxylic acids is 2. The maximum atomic E-state index is 11.8. The topological polar surface area (TPSA) is 95.5 Å². The first-order chi connectivity index (χ1) is 9.38. The molecule has 2 saturated carbocycles. The van der Waals surface area contributed by atoms with E-state index in [4.69, 9.17) is 5.11 Å². The van der Waals surface area contributed by atoms with Crippen molar-refractivity contribution in [3.63, 3.8) is 0 Å². The lowest BCUT2D eigenvalue weighted by Crippen LogP contribution is -2.46. The SMILES string of the molecule is CC(C(=O)O)=C(C)C(=O)NC(=O)NC1CC2CCC1C2. The minimum atomic E-state index is -1.16. The molecule has 110 valence electrons. The van der Waals surface area contributed by atoms with E-state index in [9.17, 15) is 14.4 Å². The molecule has 2 bridgehead atoms. The summed E-state index contributed by atoms with van der Waals surface area (Å²) in [7, 11) is 0. The number of carbonyl (C=O) groups is 3. The van der Waals surface area contributed by atoms with Gasteiger partial charge in [-0.3, -0.25) is 10.1 Å². The van der Waals surface area contributed by atoms with Crippen molar-refractivity contribution in [2.45, 2.75) is 45.6 Å². The van der Waals surface area contributed by atoms with Crippen LogP contribution in [0.4, 0.5) is 4.79 Å². The Kier molecular flexibility index (Phi) is 4.11. The van der Waals surface area contributed by atoms with Crippen LogP contribution in [0.5, 0.6) is 0 Å². The maximum Gasteiger partial charge on any atom is 0.331 e. The minimum absolute atomic E-state index is 0.0422. The standard InChI is InChI=1S/C14H20N2O4/c1-7(8(2)13(18)19)12(17)16-14(20)15-11-6-9-3-4-10(11)5-9/h9-11H,3-6H2,1-2H3,(H,18,19)(H2,15,16,17,20). The number of aliphatic carboxylic acids is 1. The third-order valence-electron chi connectivity index (χ3n) is 4.51. The Morgan fingerprint density at radius 3 is 2.25 bits per heavy atom. The van der Waals surface area contributed by atoms with Gasteiger partial charge in [0.25, 0.3) is 5.91 Å². The molecular formula is C14H20N2O4. The lowest BCUT2D eigenvalue weighted by atomic mass is 9.95. The monoisotopic (exact) mass is 280 g/mol. The first kappa shape index (κ1) is 14.6.